The Hall–Kier alpha value is -2.54. The summed E-state index contributed by atoms with van der Waals surface area (Å²) in [5, 5.41) is 0. The van der Waals surface area contributed by atoms with E-state index in [4.69, 9.17) is 10.5 Å². The normalized spacial score (nSPS) is 11.4. The van der Waals surface area contributed by atoms with Crippen LogP contribution in [0.15, 0.2) is 54.6 Å². The van der Waals surface area contributed by atoms with Gasteiger partial charge in [0.25, 0.3) is 0 Å². The van der Waals surface area contributed by atoms with Gasteiger partial charge in [0, 0.05) is 25.4 Å². The molecule has 0 spiro atoms. The average molecular weight is 422 g/mol. The molecule has 7 heteroatoms. The second-order valence-corrected chi connectivity index (χ2v) is 7.23. The Morgan fingerprint density at radius 1 is 0.900 bits per heavy atom. The number of nitrogens with two attached hydrogens (primary N) is 1. The Kier molecular flexibility index (Phi) is 9.67. The van der Waals surface area contributed by atoms with Crippen LogP contribution in [0.25, 0.3) is 0 Å². The van der Waals surface area contributed by atoms with Gasteiger partial charge in [-0.25, -0.2) is 0 Å². The van der Waals surface area contributed by atoms with Gasteiger partial charge in [0.1, 0.15) is 0 Å². The minimum Gasteiger partial charge on any atom is -0.399 e. The van der Waals surface area contributed by atoms with Crippen molar-refractivity contribution in [1.29, 1.82) is 0 Å². The first-order valence-electron chi connectivity index (χ1n) is 10.2. The number of rotatable bonds is 12. The lowest BCUT2D eigenvalue weighted by Gasteiger charge is -2.24. The van der Waals surface area contributed by atoms with E-state index in [9.17, 15) is 18.0 Å². The zero-order valence-corrected chi connectivity index (χ0v) is 17.0. The number of nitrogens with zero attached hydrogens (tertiary/aromatic N) is 1. The van der Waals surface area contributed by atoms with Gasteiger partial charge in [-0.15, -0.1) is 0 Å². The number of carbonyl (C=O) groups excluding carboxylic acids is 1. The van der Waals surface area contributed by atoms with Gasteiger partial charge in [0.2, 0.25) is 0 Å². The molecule has 0 atom stereocenters. The fraction of sp³-hybridized carbons (Fsp3) is 0.435. The largest absolute Gasteiger partial charge is 0.471 e. The van der Waals surface area contributed by atoms with Crippen LogP contribution < -0.4 is 5.73 Å². The molecule has 2 N–H and O–H groups in total. The molecule has 0 radical (unpaired) electrons. The number of nitrogen functional groups attached to an aromatic ring is 1. The Balaban J connectivity index is 1.63. The smallest absolute Gasteiger partial charge is 0.399 e. The Morgan fingerprint density at radius 3 is 2.30 bits per heavy atom. The second kappa shape index (κ2) is 12.2. The molecule has 0 aliphatic rings. The van der Waals surface area contributed by atoms with Crippen LogP contribution in [-0.2, 0) is 22.5 Å². The van der Waals surface area contributed by atoms with Crippen LogP contribution in [0.2, 0.25) is 0 Å². The van der Waals surface area contributed by atoms with E-state index in [-0.39, 0.29) is 13.1 Å². The SMILES string of the molecule is Nc1cccc(CCOCCCCCCN(Cc2ccccc2)C(=O)C(F)(F)F)c1. The molecule has 0 aliphatic carbocycles. The molecule has 2 aromatic rings. The van der Waals surface area contributed by atoms with E-state index < -0.39 is 12.1 Å². The number of benzene rings is 2. The number of carbonyl (C=O) groups is 1. The number of hydrogen-bond donors (Lipinski definition) is 1. The van der Waals surface area contributed by atoms with Gasteiger partial charge in [-0.05, 0) is 42.5 Å². The van der Waals surface area contributed by atoms with Crippen molar-refractivity contribution in [2.75, 3.05) is 25.5 Å². The van der Waals surface area contributed by atoms with Crippen LogP contribution in [0.3, 0.4) is 0 Å². The second-order valence-electron chi connectivity index (χ2n) is 7.23. The highest BCUT2D eigenvalue weighted by Crippen LogP contribution is 2.20. The third kappa shape index (κ3) is 8.86. The highest BCUT2D eigenvalue weighted by molar-refractivity contribution is 5.81. The molecule has 164 valence electrons. The van der Waals surface area contributed by atoms with Gasteiger partial charge < -0.3 is 15.4 Å². The number of hydrogen-bond acceptors (Lipinski definition) is 3. The minimum absolute atomic E-state index is 0.0354. The van der Waals surface area contributed by atoms with Gasteiger partial charge in [-0.1, -0.05) is 55.3 Å². The number of alkyl halides is 3. The van der Waals surface area contributed by atoms with Crippen molar-refractivity contribution in [3.05, 3.63) is 65.7 Å². The molecule has 30 heavy (non-hydrogen) atoms. The predicted molar refractivity (Wildman–Crippen MR) is 112 cm³/mol. The molecule has 0 unspecified atom stereocenters. The van der Waals surface area contributed by atoms with Crippen LogP contribution in [0.1, 0.15) is 36.8 Å². The van der Waals surface area contributed by atoms with Crippen molar-refractivity contribution >= 4 is 11.6 Å². The third-order valence-electron chi connectivity index (χ3n) is 4.70. The molecular formula is C23H29F3N2O2. The van der Waals surface area contributed by atoms with Crippen molar-refractivity contribution in [3.8, 4) is 0 Å². The molecular weight excluding hydrogens is 393 g/mol. The maximum absolute atomic E-state index is 12.9. The molecule has 4 nitrogen and oxygen atoms in total. The summed E-state index contributed by atoms with van der Waals surface area (Å²) in [6, 6.07) is 16.4. The van der Waals surface area contributed by atoms with Crippen LogP contribution in [-0.4, -0.2) is 36.7 Å². The Morgan fingerprint density at radius 2 is 1.60 bits per heavy atom. The van der Waals surface area contributed by atoms with E-state index in [1.54, 1.807) is 30.3 Å². The number of ether oxygens (including phenoxy) is 1. The summed E-state index contributed by atoms with van der Waals surface area (Å²) < 4.78 is 44.3. The summed E-state index contributed by atoms with van der Waals surface area (Å²) in [7, 11) is 0. The summed E-state index contributed by atoms with van der Waals surface area (Å²) in [5.74, 6) is -1.78. The van der Waals surface area contributed by atoms with Crippen LogP contribution in [0.4, 0.5) is 18.9 Å². The zero-order valence-electron chi connectivity index (χ0n) is 17.0. The first-order valence-corrected chi connectivity index (χ1v) is 10.2. The molecule has 2 rings (SSSR count). The summed E-state index contributed by atoms with van der Waals surface area (Å²) in [4.78, 5) is 12.6. The standard InChI is InChI=1S/C23H29F3N2O2/c24-23(25,26)22(29)28(18-20-9-4-3-5-10-20)14-6-1-2-7-15-30-16-13-19-11-8-12-21(27)17-19/h3-5,8-12,17H,1-2,6-7,13-16,18,27H2. The monoisotopic (exact) mass is 422 g/mol. The molecule has 0 fully saturated rings. The lowest BCUT2D eigenvalue weighted by molar-refractivity contribution is -0.186. The van der Waals surface area contributed by atoms with Crippen LogP contribution in [0.5, 0.6) is 0 Å². The number of unbranched alkanes of at least 4 members (excludes halogenated alkanes) is 3. The van der Waals surface area contributed by atoms with Crippen molar-refractivity contribution in [3.63, 3.8) is 0 Å². The molecule has 0 aromatic heterocycles. The van der Waals surface area contributed by atoms with E-state index >= 15 is 0 Å². The van der Waals surface area contributed by atoms with Gasteiger partial charge in [0.15, 0.2) is 0 Å². The number of anilines is 1. The fourth-order valence-corrected chi connectivity index (χ4v) is 3.14. The summed E-state index contributed by atoms with van der Waals surface area (Å²) >= 11 is 0. The van der Waals surface area contributed by atoms with E-state index in [0.29, 0.717) is 25.2 Å². The summed E-state index contributed by atoms with van der Waals surface area (Å²) in [6.45, 7) is 1.27. The molecule has 0 aliphatic heterocycles. The van der Waals surface area contributed by atoms with E-state index in [1.165, 1.54) is 0 Å². The van der Waals surface area contributed by atoms with Crippen molar-refractivity contribution in [2.24, 2.45) is 0 Å². The van der Waals surface area contributed by atoms with E-state index in [0.717, 1.165) is 41.8 Å². The van der Waals surface area contributed by atoms with Gasteiger partial charge in [-0.2, -0.15) is 13.2 Å². The molecule has 0 saturated heterocycles. The quantitative estimate of drug-likeness (QED) is 0.388. The first kappa shape index (κ1) is 23.7. The maximum atomic E-state index is 12.9. The summed E-state index contributed by atoms with van der Waals surface area (Å²) in [5.41, 5.74) is 8.28. The van der Waals surface area contributed by atoms with Crippen LogP contribution >= 0.6 is 0 Å². The summed E-state index contributed by atoms with van der Waals surface area (Å²) in [6.07, 6.45) is -1.11. The number of halogens is 3. The molecule has 0 saturated carbocycles. The van der Waals surface area contributed by atoms with Gasteiger partial charge in [-0.3, -0.25) is 4.79 Å². The van der Waals surface area contributed by atoms with Gasteiger partial charge >= 0.3 is 12.1 Å². The topological polar surface area (TPSA) is 55.6 Å². The highest BCUT2D eigenvalue weighted by Gasteiger charge is 2.42. The lowest BCUT2D eigenvalue weighted by atomic mass is 10.1. The Labute approximate surface area is 175 Å². The lowest BCUT2D eigenvalue weighted by Crippen LogP contribution is -2.41. The zero-order chi connectivity index (χ0) is 21.8. The Bertz CT molecular complexity index is 767. The molecule has 0 heterocycles. The third-order valence-corrected chi connectivity index (χ3v) is 4.70. The molecule has 0 bridgehead atoms. The predicted octanol–water partition coefficient (Wildman–Crippen LogP) is 4.98. The van der Waals surface area contributed by atoms with Crippen molar-refractivity contribution < 1.29 is 22.7 Å². The first-order chi connectivity index (χ1) is 14.4. The molecule has 2 aromatic carbocycles. The van der Waals surface area contributed by atoms with Gasteiger partial charge in [0.05, 0.1) is 6.61 Å². The fourth-order valence-electron chi connectivity index (χ4n) is 3.14. The average Bonchev–Trinajstić information content (AvgIpc) is 2.71. The number of amides is 1. The maximum Gasteiger partial charge on any atom is 0.471 e. The minimum atomic E-state index is -4.86. The van der Waals surface area contributed by atoms with E-state index in [2.05, 4.69) is 0 Å². The van der Waals surface area contributed by atoms with E-state index in [1.807, 2.05) is 24.3 Å². The molecule has 1 amide bonds. The van der Waals surface area contributed by atoms with Crippen molar-refractivity contribution in [2.45, 2.75) is 44.8 Å². The highest BCUT2D eigenvalue weighted by atomic mass is 19.4. The van der Waals surface area contributed by atoms with Crippen LogP contribution in [0, 0.1) is 0 Å². The van der Waals surface area contributed by atoms with Crippen molar-refractivity contribution in [1.82, 2.24) is 4.90 Å².